The Bertz CT molecular complexity index is 916. The third kappa shape index (κ3) is 2.92. The van der Waals surface area contributed by atoms with Gasteiger partial charge in [-0.05, 0) is 36.8 Å². The van der Waals surface area contributed by atoms with E-state index in [1.165, 1.54) is 12.1 Å². The summed E-state index contributed by atoms with van der Waals surface area (Å²) in [5.41, 5.74) is 2.10. The fourth-order valence-electron chi connectivity index (χ4n) is 2.73. The van der Waals surface area contributed by atoms with Gasteiger partial charge >= 0.3 is 5.97 Å². The molecule has 0 bridgehead atoms. The highest BCUT2D eigenvalue weighted by atomic mass is 35.5. The highest BCUT2D eigenvalue weighted by Crippen LogP contribution is 2.35. The highest BCUT2D eigenvalue weighted by Gasteiger charge is 2.19. The first kappa shape index (κ1) is 15.8. The smallest absolute Gasteiger partial charge is 0.307 e. The van der Waals surface area contributed by atoms with Crippen LogP contribution in [-0.4, -0.2) is 20.7 Å². The number of phenols is 1. The quantitative estimate of drug-likeness (QED) is 0.739. The van der Waals surface area contributed by atoms with Gasteiger partial charge < -0.3 is 14.8 Å². The number of carboxylic acid groups (broad SMARTS) is 1. The van der Waals surface area contributed by atoms with Crippen LogP contribution < -0.4 is 0 Å². The summed E-state index contributed by atoms with van der Waals surface area (Å²) in [5, 5.41) is 19.5. The van der Waals surface area contributed by atoms with Crippen molar-refractivity contribution in [2.75, 3.05) is 0 Å². The fourth-order valence-corrected chi connectivity index (χ4v) is 3.60. The molecule has 0 saturated carbocycles. The lowest BCUT2D eigenvalue weighted by molar-refractivity contribution is -0.136. The topological polar surface area (TPSA) is 62.5 Å². The van der Waals surface area contributed by atoms with E-state index < -0.39 is 5.97 Å². The molecule has 2 N–H and O–H groups in total. The number of hydrogen-bond acceptors (Lipinski definition) is 3. The van der Waals surface area contributed by atoms with E-state index in [-0.39, 0.29) is 22.3 Å². The zero-order chi connectivity index (χ0) is 16.7. The molecular formula is C16H13ClFNO3S. The first-order valence-corrected chi connectivity index (χ1v) is 8.02. The molecule has 0 unspecified atom stereocenters. The maximum absolute atomic E-state index is 13.2. The van der Waals surface area contributed by atoms with Crippen molar-refractivity contribution in [3.63, 3.8) is 0 Å². The summed E-state index contributed by atoms with van der Waals surface area (Å²) < 4.78 is 15.1. The number of carbonyl (C=O) groups is 1. The average molecular weight is 354 g/mol. The third-order valence-corrected chi connectivity index (χ3v) is 4.95. The number of aromatic nitrogens is 1. The summed E-state index contributed by atoms with van der Waals surface area (Å²) in [6, 6.07) is 6.19. The fraction of sp³-hybridized carbons (Fsp3) is 0.188. The molecule has 23 heavy (non-hydrogen) atoms. The van der Waals surface area contributed by atoms with Crippen LogP contribution in [0.5, 0.6) is 5.75 Å². The average Bonchev–Trinajstić information content (AvgIpc) is 2.98. The molecule has 1 aromatic carbocycles. The second kappa shape index (κ2) is 5.86. The molecule has 3 rings (SSSR count). The number of phenolic OH excluding ortho intramolecular Hbond substituents is 1. The van der Waals surface area contributed by atoms with Crippen LogP contribution in [0.2, 0.25) is 5.02 Å². The number of rotatable bonds is 4. The van der Waals surface area contributed by atoms with Crippen LogP contribution in [0.3, 0.4) is 0 Å². The Morgan fingerprint density at radius 3 is 2.74 bits per heavy atom. The van der Waals surface area contributed by atoms with E-state index in [9.17, 15) is 14.3 Å². The minimum absolute atomic E-state index is 0.0925. The maximum atomic E-state index is 13.2. The molecule has 0 amide bonds. The number of aliphatic carboxylic acids is 1. The van der Waals surface area contributed by atoms with Crippen molar-refractivity contribution in [1.82, 2.24) is 4.57 Å². The predicted octanol–water partition coefficient (Wildman–Crippen LogP) is 4.18. The van der Waals surface area contributed by atoms with E-state index in [0.717, 1.165) is 27.4 Å². The molecule has 7 heteroatoms. The molecule has 0 saturated heterocycles. The lowest BCUT2D eigenvalue weighted by Gasteiger charge is -2.07. The van der Waals surface area contributed by atoms with Crippen molar-refractivity contribution in [1.29, 1.82) is 0 Å². The van der Waals surface area contributed by atoms with Crippen LogP contribution in [0.15, 0.2) is 24.3 Å². The Morgan fingerprint density at radius 1 is 1.39 bits per heavy atom. The van der Waals surface area contributed by atoms with Crippen LogP contribution in [-0.2, 0) is 17.8 Å². The normalized spacial score (nSPS) is 11.3. The zero-order valence-corrected chi connectivity index (χ0v) is 13.7. The number of thiophene rings is 1. The first-order valence-electron chi connectivity index (χ1n) is 6.83. The van der Waals surface area contributed by atoms with Crippen molar-refractivity contribution in [2.24, 2.45) is 0 Å². The van der Waals surface area contributed by atoms with Crippen molar-refractivity contribution in [3.05, 3.63) is 50.6 Å². The van der Waals surface area contributed by atoms with Crippen LogP contribution in [0, 0.1) is 12.1 Å². The van der Waals surface area contributed by atoms with Gasteiger partial charge in [0.15, 0.2) is 5.13 Å². The molecule has 3 aromatic rings. The Kier molecular flexibility index (Phi) is 4.04. The van der Waals surface area contributed by atoms with Crippen molar-refractivity contribution in [3.8, 4) is 5.75 Å². The number of benzene rings is 1. The van der Waals surface area contributed by atoms with E-state index in [2.05, 4.69) is 0 Å². The van der Waals surface area contributed by atoms with Crippen LogP contribution in [0.4, 0.5) is 4.39 Å². The molecule has 0 aliphatic rings. The number of fused-ring (bicyclic) bond motifs is 1. The van der Waals surface area contributed by atoms with Gasteiger partial charge in [0.05, 0.1) is 23.5 Å². The second-order valence-corrected chi connectivity index (χ2v) is 6.77. The largest absolute Gasteiger partial charge is 0.506 e. The van der Waals surface area contributed by atoms with Crippen molar-refractivity contribution in [2.45, 2.75) is 19.9 Å². The molecule has 120 valence electrons. The highest BCUT2D eigenvalue weighted by molar-refractivity contribution is 7.10. The molecule has 0 aliphatic heterocycles. The van der Waals surface area contributed by atoms with E-state index in [0.29, 0.717) is 17.5 Å². The Morgan fingerprint density at radius 2 is 2.13 bits per heavy atom. The van der Waals surface area contributed by atoms with Gasteiger partial charge in [-0.3, -0.25) is 4.79 Å². The molecule has 0 spiro atoms. The SMILES string of the molecule is Cc1c(CC(=O)O)c2cc(O)c(Cl)cc2n1Cc1ccc(F)s1. The lowest BCUT2D eigenvalue weighted by Crippen LogP contribution is -2.04. The number of aromatic hydroxyl groups is 1. The van der Waals surface area contributed by atoms with E-state index >= 15 is 0 Å². The van der Waals surface area contributed by atoms with E-state index in [4.69, 9.17) is 16.7 Å². The minimum Gasteiger partial charge on any atom is -0.506 e. The third-order valence-electron chi connectivity index (χ3n) is 3.79. The van der Waals surface area contributed by atoms with Crippen LogP contribution in [0.25, 0.3) is 10.9 Å². The van der Waals surface area contributed by atoms with Gasteiger partial charge in [-0.25, -0.2) is 0 Å². The van der Waals surface area contributed by atoms with Crippen LogP contribution >= 0.6 is 22.9 Å². The van der Waals surface area contributed by atoms with Crippen LogP contribution in [0.1, 0.15) is 16.1 Å². The summed E-state index contributed by atoms with van der Waals surface area (Å²) in [4.78, 5) is 12.0. The predicted molar refractivity (Wildman–Crippen MR) is 88.1 cm³/mol. The van der Waals surface area contributed by atoms with Gasteiger partial charge in [-0.1, -0.05) is 11.6 Å². The number of nitrogens with zero attached hydrogens (tertiary/aromatic N) is 1. The molecule has 2 aromatic heterocycles. The van der Waals surface area contributed by atoms with E-state index in [1.54, 1.807) is 12.1 Å². The first-order chi connectivity index (χ1) is 10.9. The molecule has 4 nitrogen and oxygen atoms in total. The molecule has 0 atom stereocenters. The van der Waals surface area contributed by atoms with Crippen molar-refractivity contribution < 1.29 is 19.4 Å². The van der Waals surface area contributed by atoms with Crippen molar-refractivity contribution >= 4 is 39.8 Å². The summed E-state index contributed by atoms with van der Waals surface area (Å²) in [7, 11) is 0. The van der Waals surface area contributed by atoms with Gasteiger partial charge in [0.2, 0.25) is 0 Å². The number of carboxylic acids is 1. The number of hydrogen-bond donors (Lipinski definition) is 2. The molecular weight excluding hydrogens is 341 g/mol. The molecule has 0 fully saturated rings. The molecule has 0 radical (unpaired) electrons. The van der Waals surface area contributed by atoms with Gasteiger partial charge in [-0.2, -0.15) is 4.39 Å². The summed E-state index contributed by atoms with van der Waals surface area (Å²) in [6.45, 7) is 2.23. The van der Waals surface area contributed by atoms with E-state index in [1.807, 2.05) is 11.5 Å². The maximum Gasteiger partial charge on any atom is 0.307 e. The molecule has 0 aliphatic carbocycles. The Labute approximate surface area is 140 Å². The summed E-state index contributed by atoms with van der Waals surface area (Å²) in [5.74, 6) is -1.05. The van der Waals surface area contributed by atoms with Gasteiger partial charge in [0.1, 0.15) is 5.75 Å². The van der Waals surface area contributed by atoms with Gasteiger partial charge in [-0.15, -0.1) is 11.3 Å². The van der Waals surface area contributed by atoms with Gasteiger partial charge in [0.25, 0.3) is 0 Å². The summed E-state index contributed by atoms with van der Waals surface area (Å²) in [6.07, 6.45) is -0.158. The summed E-state index contributed by atoms with van der Waals surface area (Å²) >= 11 is 7.04. The Hall–Kier alpha value is -2.05. The number of halogens is 2. The van der Waals surface area contributed by atoms with Gasteiger partial charge in [0, 0.05) is 16.0 Å². The standard InChI is InChI=1S/C16H13ClFNO3S/c1-8-10(5-16(21)22)11-4-14(20)12(17)6-13(11)19(8)7-9-2-3-15(18)23-9/h2-4,6,20H,5,7H2,1H3,(H,21,22). The second-order valence-electron chi connectivity index (χ2n) is 5.25. The Balaban J connectivity index is 2.21. The lowest BCUT2D eigenvalue weighted by atomic mass is 10.1. The monoisotopic (exact) mass is 353 g/mol. The zero-order valence-electron chi connectivity index (χ0n) is 12.1. The molecule has 2 heterocycles. The minimum atomic E-state index is -0.955.